The van der Waals surface area contributed by atoms with E-state index in [0.717, 1.165) is 12.8 Å². The van der Waals surface area contributed by atoms with Crippen LogP contribution in [0, 0.1) is 5.41 Å². The zero-order valence-corrected chi connectivity index (χ0v) is 14.4. The monoisotopic (exact) mass is 327 g/mol. The summed E-state index contributed by atoms with van der Waals surface area (Å²) >= 11 is 0. The molecule has 0 unspecified atom stereocenters. The zero-order chi connectivity index (χ0) is 16.2. The fourth-order valence-electron chi connectivity index (χ4n) is 2.70. The lowest BCUT2D eigenvalue weighted by Crippen LogP contribution is -2.40. The van der Waals surface area contributed by atoms with Gasteiger partial charge in [-0.3, -0.25) is 0 Å². The van der Waals surface area contributed by atoms with Gasteiger partial charge in [0.05, 0.1) is 11.5 Å². The van der Waals surface area contributed by atoms with Crippen LogP contribution in [0.1, 0.15) is 26.7 Å². The molecule has 0 amide bonds. The number of benzene rings is 1. The highest BCUT2D eigenvalue weighted by Crippen LogP contribution is 2.32. The first-order valence-corrected chi connectivity index (χ1v) is 9.08. The highest BCUT2D eigenvalue weighted by molar-refractivity contribution is 7.89. The van der Waals surface area contributed by atoms with Gasteiger partial charge in [-0.25, -0.2) is 12.7 Å². The maximum absolute atomic E-state index is 12.7. The third kappa shape index (κ3) is 4.00. The third-order valence-electron chi connectivity index (χ3n) is 4.15. The summed E-state index contributed by atoms with van der Waals surface area (Å²) in [6, 6.07) is 6.59. The van der Waals surface area contributed by atoms with E-state index in [1.165, 1.54) is 4.31 Å². The Hall–Kier alpha value is -1.11. The first-order valence-electron chi connectivity index (χ1n) is 7.64. The molecule has 0 bridgehead atoms. The van der Waals surface area contributed by atoms with Crippen LogP contribution in [-0.2, 0) is 14.8 Å². The van der Waals surface area contributed by atoms with Gasteiger partial charge in [0.1, 0.15) is 5.75 Å². The third-order valence-corrected chi connectivity index (χ3v) is 5.96. The van der Waals surface area contributed by atoms with Crippen LogP contribution in [0.4, 0.5) is 0 Å². The van der Waals surface area contributed by atoms with Crippen molar-refractivity contribution in [3.63, 3.8) is 0 Å². The fourth-order valence-corrected chi connectivity index (χ4v) is 4.02. The van der Waals surface area contributed by atoms with Crippen LogP contribution >= 0.6 is 0 Å². The topological polar surface area (TPSA) is 55.8 Å². The van der Waals surface area contributed by atoms with Gasteiger partial charge in [-0.2, -0.15) is 0 Å². The molecule has 0 spiro atoms. The first kappa shape index (κ1) is 17.2. The molecule has 1 saturated heterocycles. The van der Waals surface area contributed by atoms with Crippen molar-refractivity contribution in [2.75, 3.05) is 33.4 Å². The second-order valence-electron chi connectivity index (χ2n) is 6.09. The number of ether oxygens (including phenoxy) is 2. The van der Waals surface area contributed by atoms with Gasteiger partial charge in [0, 0.05) is 26.8 Å². The van der Waals surface area contributed by atoms with E-state index < -0.39 is 10.0 Å². The Balaban J connectivity index is 2.11. The number of hydrogen-bond acceptors (Lipinski definition) is 4. The Morgan fingerprint density at radius 2 is 1.82 bits per heavy atom. The van der Waals surface area contributed by atoms with E-state index >= 15 is 0 Å². The summed E-state index contributed by atoms with van der Waals surface area (Å²) in [6.45, 7) is 6.49. The molecule has 1 fully saturated rings. The minimum Gasteiger partial charge on any atom is -0.494 e. The Morgan fingerprint density at radius 3 is 2.36 bits per heavy atom. The quantitative estimate of drug-likeness (QED) is 0.805. The number of hydrogen-bond donors (Lipinski definition) is 0. The van der Waals surface area contributed by atoms with Gasteiger partial charge in [0.15, 0.2) is 0 Å². The van der Waals surface area contributed by atoms with Gasteiger partial charge >= 0.3 is 0 Å². The Labute approximate surface area is 133 Å². The predicted molar refractivity (Wildman–Crippen MR) is 85.6 cm³/mol. The zero-order valence-electron chi connectivity index (χ0n) is 13.5. The van der Waals surface area contributed by atoms with Crippen molar-refractivity contribution in [3.05, 3.63) is 24.3 Å². The standard InChI is InChI=1S/C16H25NO4S/c1-4-21-14-5-7-15(8-6-14)22(18,19)17(3)13-16(2)9-11-20-12-10-16/h5-8H,4,9-13H2,1-3H3. The summed E-state index contributed by atoms with van der Waals surface area (Å²) < 4.78 is 37.5. The van der Waals surface area contributed by atoms with Gasteiger partial charge in [-0.1, -0.05) is 6.92 Å². The lowest BCUT2D eigenvalue weighted by molar-refractivity contribution is 0.0175. The van der Waals surface area contributed by atoms with Crippen molar-refractivity contribution in [3.8, 4) is 5.75 Å². The van der Waals surface area contributed by atoms with Gasteiger partial charge in [-0.05, 0) is 49.4 Å². The molecule has 1 aromatic carbocycles. The van der Waals surface area contributed by atoms with E-state index in [-0.39, 0.29) is 5.41 Å². The summed E-state index contributed by atoms with van der Waals surface area (Å²) in [6.07, 6.45) is 1.77. The van der Waals surface area contributed by atoms with Crippen molar-refractivity contribution in [2.45, 2.75) is 31.6 Å². The van der Waals surface area contributed by atoms with E-state index in [0.29, 0.717) is 37.0 Å². The van der Waals surface area contributed by atoms with Crippen molar-refractivity contribution in [1.29, 1.82) is 0 Å². The van der Waals surface area contributed by atoms with Crippen LogP contribution in [0.25, 0.3) is 0 Å². The number of rotatable bonds is 6. The van der Waals surface area contributed by atoms with Crippen LogP contribution in [0.2, 0.25) is 0 Å². The molecular formula is C16H25NO4S. The largest absolute Gasteiger partial charge is 0.494 e. The average molecular weight is 327 g/mol. The summed E-state index contributed by atoms with van der Waals surface area (Å²) in [5.74, 6) is 0.681. The number of nitrogens with zero attached hydrogens (tertiary/aromatic N) is 1. The normalized spacial score (nSPS) is 18.4. The summed E-state index contributed by atoms with van der Waals surface area (Å²) in [5, 5.41) is 0. The lowest BCUT2D eigenvalue weighted by atomic mass is 9.82. The molecule has 1 aromatic rings. The first-order chi connectivity index (χ1) is 10.4. The van der Waals surface area contributed by atoms with Gasteiger partial charge < -0.3 is 9.47 Å². The molecule has 0 saturated carbocycles. The Kier molecular flexibility index (Phi) is 5.47. The molecule has 1 aliphatic rings. The van der Waals surface area contributed by atoms with Gasteiger partial charge in [0.25, 0.3) is 0 Å². The molecule has 124 valence electrons. The highest BCUT2D eigenvalue weighted by atomic mass is 32.2. The van der Waals surface area contributed by atoms with Crippen LogP contribution in [0.5, 0.6) is 5.75 Å². The van der Waals surface area contributed by atoms with E-state index in [1.807, 2.05) is 6.92 Å². The molecule has 0 N–H and O–H groups in total. The second kappa shape index (κ2) is 6.98. The molecular weight excluding hydrogens is 302 g/mol. The van der Waals surface area contributed by atoms with Crippen molar-refractivity contribution < 1.29 is 17.9 Å². The highest BCUT2D eigenvalue weighted by Gasteiger charge is 2.32. The molecule has 0 aromatic heterocycles. The van der Waals surface area contributed by atoms with E-state index in [4.69, 9.17) is 9.47 Å². The molecule has 6 heteroatoms. The lowest BCUT2D eigenvalue weighted by Gasteiger charge is -2.36. The summed E-state index contributed by atoms with van der Waals surface area (Å²) in [5.41, 5.74) is -0.0225. The SMILES string of the molecule is CCOc1ccc(S(=O)(=O)N(C)CC2(C)CCOCC2)cc1. The number of sulfonamides is 1. The molecule has 0 radical (unpaired) electrons. The summed E-state index contributed by atoms with van der Waals surface area (Å²) in [7, 11) is -1.83. The Bertz CT molecular complexity index is 577. The van der Waals surface area contributed by atoms with Crippen molar-refractivity contribution >= 4 is 10.0 Å². The minimum atomic E-state index is -3.47. The van der Waals surface area contributed by atoms with E-state index in [9.17, 15) is 8.42 Å². The van der Waals surface area contributed by atoms with E-state index in [2.05, 4.69) is 6.92 Å². The van der Waals surface area contributed by atoms with E-state index in [1.54, 1.807) is 31.3 Å². The molecule has 2 rings (SSSR count). The predicted octanol–water partition coefficient (Wildman–Crippen LogP) is 2.52. The van der Waals surface area contributed by atoms with Crippen LogP contribution < -0.4 is 4.74 Å². The van der Waals surface area contributed by atoms with Crippen LogP contribution in [-0.4, -0.2) is 46.1 Å². The van der Waals surface area contributed by atoms with Gasteiger partial charge in [0.2, 0.25) is 10.0 Å². The fraction of sp³-hybridized carbons (Fsp3) is 0.625. The second-order valence-corrected chi connectivity index (χ2v) is 8.13. The molecule has 0 atom stereocenters. The van der Waals surface area contributed by atoms with Crippen molar-refractivity contribution in [2.24, 2.45) is 5.41 Å². The van der Waals surface area contributed by atoms with Crippen molar-refractivity contribution in [1.82, 2.24) is 4.31 Å². The maximum atomic E-state index is 12.7. The minimum absolute atomic E-state index is 0.0225. The molecule has 1 aliphatic heterocycles. The smallest absolute Gasteiger partial charge is 0.242 e. The molecule has 0 aliphatic carbocycles. The summed E-state index contributed by atoms with van der Waals surface area (Å²) in [4.78, 5) is 0.300. The maximum Gasteiger partial charge on any atom is 0.242 e. The average Bonchev–Trinajstić information content (AvgIpc) is 2.48. The van der Waals surface area contributed by atoms with Crippen LogP contribution in [0.15, 0.2) is 29.2 Å². The van der Waals surface area contributed by atoms with Gasteiger partial charge in [-0.15, -0.1) is 0 Å². The molecule has 1 heterocycles. The molecule has 22 heavy (non-hydrogen) atoms. The Morgan fingerprint density at radius 1 is 1.23 bits per heavy atom. The van der Waals surface area contributed by atoms with Crippen LogP contribution in [0.3, 0.4) is 0 Å². The molecule has 5 nitrogen and oxygen atoms in total.